The molecule has 0 saturated carbocycles. The van der Waals surface area contributed by atoms with E-state index in [4.69, 9.17) is 11.6 Å². The maximum Gasteiger partial charge on any atom is 0.142 e. The molecule has 0 fully saturated rings. The van der Waals surface area contributed by atoms with Gasteiger partial charge in [-0.2, -0.15) is 0 Å². The van der Waals surface area contributed by atoms with Crippen molar-refractivity contribution in [1.29, 1.82) is 0 Å². The van der Waals surface area contributed by atoms with Crippen molar-refractivity contribution in [3.05, 3.63) is 46.8 Å². The van der Waals surface area contributed by atoms with E-state index >= 15 is 0 Å². The second-order valence-corrected chi connectivity index (χ2v) is 5.93. The van der Waals surface area contributed by atoms with Crippen LogP contribution in [0.25, 0.3) is 0 Å². The summed E-state index contributed by atoms with van der Waals surface area (Å²) in [4.78, 5) is 0. The highest BCUT2D eigenvalue weighted by Crippen LogP contribution is 2.30. The van der Waals surface area contributed by atoms with Crippen LogP contribution in [-0.2, 0) is 0 Å². The second-order valence-electron chi connectivity index (χ2n) is 5.52. The SMILES string of the molecule is C=C(C(C)C)[C@H](CNC(C)C)c1ccc(Cl)c(F)c1. The summed E-state index contributed by atoms with van der Waals surface area (Å²) in [5.74, 6) is 0.0946. The van der Waals surface area contributed by atoms with Gasteiger partial charge in [-0.3, -0.25) is 0 Å². The monoisotopic (exact) mass is 283 g/mol. The van der Waals surface area contributed by atoms with Crippen LogP contribution in [-0.4, -0.2) is 12.6 Å². The average Bonchev–Trinajstić information content (AvgIpc) is 2.33. The normalized spacial score (nSPS) is 13.1. The molecule has 19 heavy (non-hydrogen) atoms. The Kier molecular flexibility index (Phi) is 6.02. The molecule has 0 spiro atoms. The minimum absolute atomic E-state index is 0.106. The zero-order valence-corrected chi connectivity index (χ0v) is 12.9. The Morgan fingerprint density at radius 1 is 1.32 bits per heavy atom. The molecule has 0 aromatic heterocycles. The zero-order valence-electron chi connectivity index (χ0n) is 12.1. The van der Waals surface area contributed by atoms with Gasteiger partial charge in [-0.25, -0.2) is 4.39 Å². The third-order valence-electron chi connectivity index (χ3n) is 3.27. The first-order chi connectivity index (χ1) is 8.82. The summed E-state index contributed by atoms with van der Waals surface area (Å²) in [5, 5.41) is 3.56. The Hall–Kier alpha value is -0.860. The lowest BCUT2D eigenvalue weighted by molar-refractivity contribution is 0.532. The molecule has 1 N–H and O–H groups in total. The molecule has 0 aliphatic carbocycles. The first-order valence-corrected chi connectivity index (χ1v) is 7.07. The maximum absolute atomic E-state index is 13.6. The fourth-order valence-corrected chi connectivity index (χ4v) is 2.07. The van der Waals surface area contributed by atoms with Gasteiger partial charge in [0, 0.05) is 18.5 Å². The summed E-state index contributed by atoms with van der Waals surface area (Å²) in [6.45, 7) is 13.3. The predicted molar refractivity (Wildman–Crippen MR) is 81.3 cm³/mol. The molecule has 1 rings (SSSR count). The highest BCUT2D eigenvalue weighted by atomic mass is 35.5. The van der Waals surface area contributed by atoms with Crippen molar-refractivity contribution >= 4 is 11.6 Å². The molecule has 1 nitrogen and oxygen atoms in total. The highest BCUT2D eigenvalue weighted by Gasteiger charge is 2.19. The molecule has 0 unspecified atom stereocenters. The number of halogens is 2. The molecule has 0 bridgehead atoms. The van der Waals surface area contributed by atoms with Crippen LogP contribution in [0.4, 0.5) is 4.39 Å². The van der Waals surface area contributed by atoms with Crippen LogP contribution < -0.4 is 5.32 Å². The highest BCUT2D eigenvalue weighted by molar-refractivity contribution is 6.30. The smallest absolute Gasteiger partial charge is 0.142 e. The van der Waals surface area contributed by atoms with E-state index in [9.17, 15) is 4.39 Å². The fourth-order valence-electron chi connectivity index (χ4n) is 1.95. The third kappa shape index (κ3) is 4.63. The summed E-state index contributed by atoms with van der Waals surface area (Å²) in [6.07, 6.45) is 0. The Morgan fingerprint density at radius 2 is 1.95 bits per heavy atom. The maximum atomic E-state index is 13.6. The Balaban J connectivity index is 3.00. The Morgan fingerprint density at radius 3 is 2.42 bits per heavy atom. The van der Waals surface area contributed by atoms with Crippen LogP contribution in [0.2, 0.25) is 5.02 Å². The minimum atomic E-state index is -0.370. The van der Waals surface area contributed by atoms with Gasteiger partial charge >= 0.3 is 0 Å². The molecule has 0 heterocycles. The lowest BCUT2D eigenvalue weighted by Gasteiger charge is -2.24. The first kappa shape index (κ1) is 16.2. The van der Waals surface area contributed by atoms with Crippen molar-refractivity contribution in [2.24, 2.45) is 5.92 Å². The number of hydrogen-bond donors (Lipinski definition) is 1. The zero-order chi connectivity index (χ0) is 14.6. The minimum Gasteiger partial charge on any atom is -0.314 e. The van der Waals surface area contributed by atoms with Crippen LogP contribution in [0.3, 0.4) is 0 Å². The van der Waals surface area contributed by atoms with E-state index in [0.717, 1.165) is 17.7 Å². The van der Waals surface area contributed by atoms with Gasteiger partial charge in [-0.05, 0) is 23.6 Å². The number of rotatable bonds is 6. The molecule has 1 atom stereocenters. The molecule has 1 aromatic rings. The van der Waals surface area contributed by atoms with Crippen molar-refractivity contribution < 1.29 is 4.39 Å². The molecule has 106 valence electrons. The molecule has 1 aromatic carbocycles. The van der Waals surface area contributed by atoms with Gasteiger partial charge in [0.1, 0.15) is 5.82 Å². The van der Waals surface area contributed by atoms with E-state index in [0.29, 0.717) is 12.0 Å². The van der Waals surface area contributed by atoms with Crippen molar-refractivity contribution in [2.45, 2.75) is 39.7 Å². The van der Waals surface area contributed by atoms with Gasteiger partial charge in [-0.15, -0.1) is 0 Å². The van der Waals surface area contributed by atoms with Gasteiger partial charge < -0.3 is 5.32 Å². The lowest BCUT2D eigenvalue weighted by atomic mass is 9.85. The number of benzene rings is 1. The fraction of sp³-hybridized carbons (Fsp3) is 0.500. The number of nitrogens with one attached hydrogen (secondary N) is 1. The van der Waals surface area contributed by atoms with Crippen LogP contribution in [0.1, 0.15) is 39.2 Å². The van der Waals surface area contributed by atoms with Crippen molar-refractivity contribution in [3.8, 4) is 0 Å². The van der Waals surface area contributed by atoms with Crippen LogP contribution >= 0.6 is 11.6 Å². The summed E-state index contributed by atoms with van der Waals surface area (Å²) in [5.41, 5.74) is 2.03. The van der Waals surface area contributed by atoms with Gasteiger partial charge in [0.2, 0.25) is 0 Å². The Labute approximate surface area is 120 Å². The molecule has 0 aliphatic rings. The average molecular weight is 284 g/mol. The quantitative estimate of drug-likeness (QED) is 0.741. The van der Waals surface area contributed by atoms with Gasteiger partial charge in [0.15, 0.2) is 0 Å². The topological polar surface area (TPSA) is 12.0 Å². The van der Waals surface area contributed by atoms with E-state index in [-0.39, 0.29) is 16.8 Å². The van der Waals surface area contributed by atoms with E-state index in [2.05, 4.69) is 39.6 Å². The lowest BCUT2D eigenvalue weighted by Crippen LogP contribution is -2.29. The predicted octanol–water partition coefficient (Wildman–Crippen LogP) is 4.77. The Bertz CT molecular complexity index is 440. The summed E-state index contributed by atoms with van der Waals surface area (Å²) < 4.78 is 13.6. The van der Waals surface area contributed by atoms with Crippen LogP contribution in [0.5, 0.6) is 0 Å². The molecule has 0 amide bonds. The molecule has 0 aliphatic heterocycles. The van der Waals surface area contributed by atoms with Gasteiger partial charge in [-0.1, -0.05) is 57.5 Å². The summed E-state index contributed by atoms with van der Waals surface area (Å²) >= 11 is 5.74. The van der Waals surface area contributed by atoms with E-state index in [1.807, 2.05) is 6.07 Å². The van der Waals surface area contributed by atoms with Gasteiger partial charge in [0.25, 0.3) is 0 Å². The molecule has 0 radical (unpaired) electrons. The second kappa shape index (κ2) is 7.06. The van der Waals surface area contributed by atoms with Crippen LogP contribution in [0.15, 0.2) is 30.4 Å². The van der Waals surface area contributed by atoms with E-state index < -0.39 is 0 Å². The molecular formula is C16H23ClFN. The summed E-state index contributed by atoms with van der Waals surface area (Å²) in [7, 11) is 0. The summed E-state index contributed by atoms with van der Waals surface area (Å²) in [6, 6.07) is 5.40. The van der Waals surface area contributed by atoms with Crippen molar-refractivity contribution in [2.75, 3.05) is 6.54 Å². The molecular weight excluding hydrogens is 261 g/mol. The first-order valence-electron chi connectivity index (χ1n) is 6.70. The third-order valence-corrected chi connectivity index (χ3v) is 3.57. The van der Waals surface area contributed by atoms with E-state index in [1.54, 1.807) is 6.07 Å². The standard InChI is InChI=1S/C16H23ClFN/c1-10(2)12(5)14(9-19-11(3)4)13-6-7-15(17)16(18)8-13/h6-8,10-11,14,19H,5,9H2,1-4H3/t14-/m0/s1. The number of hydrogen-bond acceptors (Lipinski definition) is 1. The van der Waals surface area contributed by atoms with Crippen molar-refractivity contribution in [1.82, 2.24) is 5.32 Å². The van der Waals surface area contributed by atoms with E-state index in [1.165, 1.54) is 6.07 Å². The molecule has 0 saturated heterocycles. The van der Waals surface area contributed by atoms with Crippen LogP contribution in [0, 0.1) is 11.7 Å². The van der Waals surface area contributed by atoms with Crippen molar-refractivity contribution in [3.63, 3.8) is 0 Å². The molecule has 3 heteroatoms. The largest absolute Gasteiger partial charge is 0.314 e. The van der Waals surface area contributed by atoms with Gasteiger partial charge in [0.05, 0.1) is 5.02 Å².